The summed E-state index contributed by atoms with van der Waals surface area (Å²) in [5, 5.41) is 3.11. The summed E-state index contributed by atoms with van der Waals surface area (Å²) < 4.78 is 30.7. The van der Waals surface area contributed by atoms with Gasteiger partial charge < -0.3 is 10.1 Å². The van der Waals surface area contributed by atoms with Crippen molar-refractivity contribution in [3.8, 4) is 5.75 Å². The molecule has 2 aromatic rings. The quantitative estimate of drug-likeness (QED) is 0.752. The molecule has 0 atom stereocenters. The second kappa shape index (κ2) is 7.35. The summed E-state index contributed by atoms with van der Waals surface area (Å²) in [6.07, 6.45) is 0. The van der Waals surface area contributed by atoms with Crippen molar-refractivity contribution >= 4 is 33.4 Å². The van der Waals surface area contributed by atoms with Gasteiger partial charge in [-0.15, -0.1) is 0 Å². The van der Waals surface area contributed by atoms with Crippen molar-refractivity contribution in [2.75, 3.05) is 19.7 Å². The van der Waals surface area contributed by atoms with E-state index in [1.54, 1.807) is 30.3 Å². The first-order valence-corrected chi connectivity index (χ1v) is 9.52. The zero-order valence-corrected chi connectivity index (χ0v) is 15.1. The summed E-state index contributed by atoms with van der Waals surface area (Å²) in [5.41, 5.74) is 0.0753. The third-order valence-electron chi connectivity index (χ3n) is 3.71. The SMILES string of the molecule is O=C(CN1C(=O)c2ccccc2S1(=O)=O)NCCOc1ccc(Cl)cc1. The minimum Gasteiger partial charge on any atom is -0.492 e. The first-order valence-electron chi connectivity index (χ1n) is 7.71. The highest BCUT2D eigenvalue weighted by Crippen LogP contribution is 2.29. The first kappa shape index (κ1) is 18.2. The largest absolute Gasteiger partial charge is 0.492 e. The second-order valence-electron chi connectivity index (χ2n) is 5.47. The lowest BCUT2D eigenvalue weighted by Gasteiger charge is -2.15. The van der Waals surface area contributed by atoms with Gasteiger partial charge in [0, 0.05) is 5.02 Å². The molecule has 3 rings (SSSR count). The predicted molar refractivity (Wildman–Crippen MR) is 94.6 cm³/mol. The predicted octanol–water partition coefficient (Wildman–Crippen LogP) is 1.68. The number of ether oxygens (including phenoxy) is 1. The molecule has 26 heavy (non-hydrogen) atoms. The molecule has 9 heteroatoms. The van der Waals surface area contributed by atoms with E-state index in [0.717, 1.165) is 0 Å². The summed E-state index contributed by atoms with van der Waals surface area (Å²) >= 11 is 5.77. The molecule has 0 saturated carbocycles. The molecule has 0 aromatic heterocycles. The van der Waals surface area contributed by atoms with Gasteiger partial charge >= 0.3 is 0 Å². The van der Waals surface area contributed by atoms with Gasteiger partial charge in [0.2, 0.25) is 5.91 Å². The van der Waals surface area contributed by atoms with Crippen LogP contribution < -0.4 is 10.1 Å². The maximum atomic E-state index is 12.4. The third-order valence-corrected chi connectivity index (χ3v) is 5.74. The molecule has 2 amide bonds. The molecule has 1 aliphatic rings. The number of nitrogens with zero attached hydrogens (tertiary/aromatic N) is 1. The molecule has 0 spiro atoms. The van der Waals surface area contributed by atoms with E-state index in [-0.39, 0.29) is 23.6 Å². The molecule has 1 heterocycles. The van der Waals surface area contributed by atoms with Gasteiger partial charge in [0.05, 0.1) is 12.1 Å². The summed E-state index contributed by atoms with van der Waals surface area (Å²) in [4.78, 5) is 24.1. The van der Waals surface area contributed by atoms with Gasteiger partial charge in [-0.05, 0) is 36.4 Å². The highest BCUT2D eigenvalue weighted by molar-refractivity contribution is 7.90. The standard InChI is InChI=1S/C17H15ClN2O5S/c18-12-5-7-13(8-6-12)25-10-9-19-16(21)11-20-17(22)14-3-1-2-4-15(14)26(20,23)24/h1-8H,9-11H2,(H,19,21). The van der Waals surface area contributed by atoms with Gasteiger partial charge in [-0.25, -0.2) is 12.7 Å². The Labute approximate surface area is 155 Å². The van der Waals surface area contributed by atoms with E-state index in [9.17, 15) is 18.0 Å². The second-order valence-corrected chi connectivity index (χ2v) is 7.73. The molecular weight excluding hydrogens is 380 g/mol. The van der Waals surface area contributed by atoms with Gasteiger partial charge in [-0.2, -0.15) is 0 Å². The Hall–Kier alpha value is -2.58. The fourth-order valence-electron chi connectivity index (χ4n) is 2.46. The van der Waals surface area contributed by atoms with Crippen LogP contribution in [0.5, 0.6) is 5.75 Å². The zero-order chi connectivity index (χ0) is 18.7. The lowest BCUT2D eigenvalue weighted by Crippen LogP contribution is -2.41. The maximum Gasteiger partial charge on any atom is 0.269 e. The molecular formula is C17H15ClN2O5S. The van der Waals surface area contributed by atoms with Crippen LogP contribution in [0.25, 0.3) is 0 Å². The number of sulfonamides is 1. The maximum absolute atomic E-state index is 12.4. The molecule has 0 saturated heterocycles. The highest BCUT2D eigenvalue weighted by Gasteiger charge is 2.41. The first-order chi connectivity index (χ1) is 12.4. The van der Waals surface area contributed by atoms with E-state index in [1.165, 1.54) is 18.2 Å². The van der Waals surface area contributed by atoms with Crippen molar-refractivity contribution in [1.29, 1.82) is 0 Å². The molecule has 0 radical (unpaired) electrons. The Bertz CT molecular complexity index is 944. The zero-order valence-electron chi connectivity index (χ0n) is 13.5. The third kappa shape index (κ3) is 3.66. The van der Waals surface area contributed by atoms with Crippen LogP contribution in [0.2, 0.25) is 5.02 Å². The summed E-state index contributed by atoms with van der Waals surface area (Å²) in [6, 6.07) is 12.6. The molecule has 0 aliphatic carbocycles. The fraction of sp³-hybridized carbons (Fsp3) is 0.176. The Balaban J connectivity index is 1.52. The van der Waals surface area contributed by atoms with Crippen LogP contribution >= 0.6 is 11.6 Å². The number of carbonyl (C=O) groups excluding carboxylic acids is 2. The Kier molecular flexibility index (Phi) is 5.15. The summed E-state index contributed by atoms with van der Waals surface area (Å²) in [5.74, 6) is -0.695. The van der Waals surface area contributed by atoms with E-state index >= 15 is 0 Å². The molecule has 1 N–H and O–H groups in total. The van der Waals surface area contributed by atoms with Crippen molar-refractivity contribution < 1.29 is 22.7 Å². The van der Waals surface area contributed by atoms with Crippen molar-refractivity contribution in [3.63, 3.8) is 0 Å². The molecule has 0 fully saturated rings. The molecule has 7 nitrogen and oxygen atoms in total. The minimum absolute atomic E-state index is 0.0753. The Morgan fingerprint density at radius 2 is 1.81 bits per heavy atom. The van der Waals surface area contributed by atoms with Crippen molar-refractivity contribution in [2.24, 2.45) is 0 Å². The normalized spacial score (nSPS) is 14.8. The van der Waals surface area contributed by atoms with Crippen LogP contribution in [0.4, 0.5) is 0 Å². The molecule has 0 bridgehead atoms. The Morgan fingerprint density at radius 3 is 2.50 bits per heavy atom. The van der Waals surface area contributed by atoms with Crippen LogP contribution in [0.15, 0.2) is 53.4 Å². The number of carbonyl (C=O) groups is 2. The van der Waals surface area contributed by atoms with Crippen molar-refractivity contribution in [2.45, 2.75) is 4.90 Å². The summed E-state index contributed by atoms with van der Waals surface area (Å²) in [7, 11) is -3.99. The van der Waals surface area contributed by atoms with Crippen molar-refractivity contribution in [1.82, 2.24) is 9.62 Å². The fourth-order valence-corrected chi connectivity index (χ4v) is 4.11. The number of fused-ring (bicyclic) bond motifs is 1. The number of hydrogen-bond acceptors (Lipinski definition) is 5. The monoisotopic (exact) mass is 394 g/mol. The van der Waals surface area contributed by atoms with Crippen LogP contribution in [-0.4, -0.2) is 44.2 Å². The van der Waals surface area contributed by atoms with E-state index < -0.39 is 28.4 Å². The van der Waals surface area contributed by atoms with Crippen LogP contribution in [0, 0.1) is 0 Å². The van der Waals surface area contributed by atoms with Gasteiger partial charge in [0.25, 0.3) is 15.9 Å². The lowest BCUT2D eigenvalue weighted by atomic mass is 10.2. The Morgan fingerprint density at radius 1 is 1.12 bits per heavy atom. The van der Waals surface area contributed by atoms with Gasteiger partial charge in [-0.1, -0.05) is 23.7 Å². The van der Waals surface area contributed by atoms with Crippen LogP contribution in [-0.2, 0) is 14.8 Å². The lowest BCUT2D eigenvalue weighted by molar-refractivity contribution is -0.121. The average Bonchev–Trinajstić information content (AvgIpc) is 2.81. The molecule has 0 unspecified atom stereocenters. The van der Waals surface area contributed by atoms with E-state index in [2.05, 4.69) is 5.32 Å². The van der Waals surface area contributed by atoms with Gasteiger partial charge in [-0.3, -0.25) is 9.59 Å². The smallest absolute Gasteiger partial charge is 0.269 e. The number of hydrogen-bond donors (Lipinski definition) is 1. The number of halogens is 1. The molecule has 2 aromatic carbocycles. The van der Waals surface area contributed by atoms with E-state index in [4.69, 9.17) is 16.3 Å². The topological polar surface area (TPSA) is 92.8 Å². The van der Waals surface area contributed by atoms with Gasteiger partial charge in [0.15, 0.2) is 0 Å². The number of nitrogens with one attached hydrogen (secondary N) is 1. The van der Waals surface area contributed by atoms with E-state index in [1.807, 2.05) is 0 Å². The number of amides is 2. The molecule has 1 aliphatic heterocycles. The van der Waals surface area contributed by atoms with Crippen LogP contribution in [0.1, 0.15) is 10.4 Å². The summed E-state index contributed by atoms with van der Waals surface area (Å²) in [6.45, 7) is -0.221. The number of benzene rings is 2. The van der Waals surface area contributed by atoms with E-state index in [0.29, 0.717) is 15.1 Å². The molecule has 136 valence electrons. The minimum atomic E-state index is -3.99. The highest BCUT2D eigenvalue weighted by atomic mass is 35.5. The van der Waals surface area contributed by atoms with Crippen molar-refractivity contribution in [3.05, 3.63) is 59.1 Å². The van der Waals surface area contributed by atoms with Crippen LogP contribution in [0.3, 0.4) is 0 Å². The average molecular weight is 395 g/mol. The van der Waals surface area contributed by atoms with Gasteiger partial charge in [0.1, 0.15) is 23.8 Å². The number of rotatable bonds is 6.